The second kappa shape index (κ2) is 3.81. The van der Waals surface area contributed by atoms with Crippen molar-refractivity contribution in [3.63, 3.8) is 0 Å². The molecule has 0 spiro atoms. The molecule has 0 aliphatic carbocycles. The van der Waals surface area contributed by atoms with Crippen LogP contribution in [0.2, 0.25) is 0 Å². The van der Waals surface area contributed by atoms with Gasteiger partial charge in [0.15, 0.2) is 11.5 Å². The van der Waals surface area contributed by atoms with Gasteiger partial charge in [0.05, 0.1) is 0 Å². The third kappa shape index (κ3) is 1.75. The van der Waals surface area contributed by atoms with Gasteiger partial charge >= 0.3 is 0 Å². The van der Waals surface area contributed by atoms with Crippen LogP contribution in [-0.2, 0) is 4.79 Å². The third-order valence-corrected chi connectivity index (χ3v) is 2.50. The van der Waals surface area contributed by atoms with E-state index in [2.05, 4.69) is 0 Å². The minimum absolute atomic E-state index is 0.0167. The monoisotopic (exact) mass is 208 g/mol. The van der Waals surface area contributed by atoms with Crippen molar-refractivity contribution in [1.29, 1.82) is 0 Å². The lowest BCUT2D eigenvalue weighted by Gasteiger charge is -2.11. The van der Waals surface area contributed by atoms with Crippen LogP contribution in [0.1, 0.15) is 24.8 Å². The predicted molar refractivity (Wildman–Crippen MR) is 53.3 cm³/mol. The molecular formula is C11H12O4. The molecular weight excluding hydrogens is 196 g/mol. The first-order valence-corrected chi connectivity index (χ1v) is 4.78. The first-order chi connectivity index (χ1) is 7.22. The fraction of sp³-hybridized carbons (Fsp3) is 0.364. The smallest absolute Gasteiger partial charge is 0.231 e. The van der Waals surface area contributed by atoms with E-state index >= 15 is 0 Å². The molecule has 0 saturated carbocycles. The molecule has 1 N–H and O–H groups in total. The van der Waals surface area contributed by atoms with E-state index in [0.717, 1.165) is 6.29 Å². The Hall–Kier alpha value is -1.71. The Balaban J connectivity index is 2.35. The van der Waals surface area contributed by atoms with E-state index < -0.39 is 0 Å². The van der Waals surface area contributed by atoms with Crippen molar-refractivity contribution >= 4 is 6.29 Å². The topological polar surface area (TPSA) is 55.8 Å². The minimum atomic E-state index is -0.0167. The number of aldehydes is 1. The van der Waals surface area contributed by atoms with Gasteiger partial charge in [-0.15, -0.1) is 0 Å². The molecule has 0 saturated heterocycles. The predicted octanol–water partition coefficient (Wildman–Crippen LogP) is 1.81. The Kier molecular flexibility index (Phi) is 2.49. The number of hydrogen-bond acceptors (Lipinski definition) is 4. The lowest BCUT2D eigenvalue weighted by atomic mass is 9.97. The Morgan fingerprint density at radius 2 is 2.13 bits per heavy atom. The van der Waals surface area contributed by atoms with Crippen molar-refractivity contribution in [2.24, 2.45) is 0 Å². The van der Waals surface area contributed by atoms with Gasteiger partial charge in [-0.25, -0.2) is 0 Å². The van der Waals surface area contributed by atoms with Crippen LogP contribution in [0, 0.1) is 0 Å². The Morgan fingerprint density at radius 3 is 2.80 bits per heavy atom. The second-order valence-corrected chi connectivity index (χ2v) is 3.57. The van der Waals surface area contributed by atoms with Gasteiger partial charge in [-0.3, -0.25) is 0 Å². The summed E-state index contributed by atoms with van der Waals surface area (Å²) >= 11 is 0. The molecule has 1 unspecified atom stereocenters. The lowest BCUT2D eigenvalue weighted by Crippen LogP contribution is -1.95. The highest BCUT2D eigenvalue weighted by Crippen LogP contribution is 2.40. The third-order valence-electron chi connectivity index (χ3n) is 2.50. The number of hydrogen-bond donors (Lipinski definition) is 1. The van der Waals surface area contributed by atoms with Crippen LogP contribution in [0.3, 0.4) is 0 Å². The summed E-state index contributed by atoms with van der Waals surface area (Å²) in [5, 5.41) is 9.72. The number of carbonyl (C=O) groups is 1. The van der Waals surface area contributed by atoms with Gasteiger partial charge in [-0.05, 0) is 12.0 Å². The van der Waals surface area contributed by atoms with Crippen molar-refractivity contribution in [3.05, 3.63) is 17.7 Å². The zero-order chi connectivity index (χ0) is 10.8. The van der Waals surface area contributed by atoms with Gasteiger partial charge in [-0.1, -0.05) is 6.92 Å². The van der Waals surface area contributed by atoms with Gasteiger partial charge in [-0.2, -0.15) is 0 Å². The molecule has 1 aromatic rings. The summed E-state index contributed by atoms with van der Waals surface area (Å²) in [6.07, 6.45) is 1.22. The first kappa shape index (κ1) is 9.83. The van der Waals surface area contributed by atoms with E-state index in [1.807, 2.05) is 6.92 Å². The molecule has 1 atom stereocenters. The number of phenolic OH excluding ortho intramolecular Hbond substituents is 1. The normalized spacial score (nSPS) is 15.0. The molecule has 1 heterocycles. The van der Waals surface area contributed by atoms with Crippen LogP contribution in [0.25, 0.3) is 0 Å². The van der Waals surface area contributed by atoms with Crippen molar-refractivity contribution < 1.29 is 19.4 Å². The minimum Gasteiger partial charge on any atom is -0.508 e. The molecule has 2 rings (SSSR count). The highest BCUT2D eigenvalue weighted by Gasteiger charge is 2.19. The summed E-state index contributed by atoms with van der Waals surface area (Å²) in [5.41, 5.74) is 0.714. The summed E-state index contributed by atoms with van der Waals surface area (Å²) in [4.78, 5) is 10.4. The highest BCUT2D eigenvalue weighted by atomic mass is 16.7. The summed E-state index contributed by atoms with van der Waals surface area (Å²) < 4.78 is 10.3. The van der Waals surface area contributed by atoms with E-state index in [1.165, 1.54) is 6.07 Å². The number of phenols is 1. The lowest BCUT2D eigenvalue weighted by molar-refractivity contribution is -0.108. The molecule has 1 aromatic carbocycles. The van der Waals surface area contributed by atoms with E-state index in [1.54, 1.807) is 6.07 Å². The maximum Gasteiger partial charge on any atom is 0.231 e. The quantitative estimate of drug-likeness (QED) is 0.770. The first-order valence-electron chi connectivity index (χ1n) is 4.78. The van der Waals surface area contributed by atoms with Gasteiger partial charge in [0.2, 0.25) is 6.79 Å². The average Bonchev–Trinajstić information content (AvgIpc) is 2.63. The average molecular weight is 208 g/mol. The highest BCUT2D eigenvalue weighted by molar-refractivity contribution is 5.56. The Labute approximate surface area is 87.4 Å². The Morgan fingerprint density at radius 1 is 1.47 bits per heavy atom. The molecule has 0 amide bonds. The number of benzene rings is 1. The largest absolute Gasteiger partial charge is 0.508 e. The number of carbonyl (C=O) groups excluding carboxylic acids is 1. The van der Waals surface area contributed by atoms with Crippen molar-refractivity contribution in [1.82, 2.24) is 0 Å². The standard InChI is InChI=1S/C11H12O4/c1-7(2-3-12)8-4-10-11(5-9(8)13)15-6-14-10/h3-5,7,13H,2,6H2,1H3. The molecule has 80 valence electrons. The van der Waals surface area contributed by atoms with E-state index in [0.29, 0.717) is 23.5 Å². The second-order valence-electron chi connectivity index (χ2n) is 3.57. The van der Waals surface area contributed by atoms with E-state index in [9.17, 15) is 9.90 Å². The molecule has 4 nitrogen and oxygen atoms in total. The maximum absolute atomic E-state index is 10.4. The van der Waals surface area contributed by atoms with Crippen LogP contribution in [0.5, 0.6) is 17.2 Å². The SMILES string of the molecule is CC(CC=O)c1cc2c(cc1O)OCO2. The van der Waals surface area contributed by atoms with E-state index in [4.69, 9.17) is 9.47 Å². The van der Waals surface area contributed by atoms with Crippen LogP contribution < -0.4 is 9.47 Å². The van der Waals surface area contributed by atoms with Crippen LogP contribution in [-0.4, -0.2) is 18.2 Å². The fourth-order valence-corrected chi connectivity index (χ4v) is 1.61. The zero-order valence-electron chi connectivity index (χ0n) is 8.40. The molecule has 0 radical (unpaired) electrons. The van der Waals surface area contributed by atoms with Crippen molar-refractivity contribution in [2.45, 2.75) is 19.3 Å². The summed E-state index contributed by atoms with van der Waals surface area (Å²) in [5.74, 6) is 1.31. The van der Waals surface area contributed by atoms with Crippen molar-refractivity contribution in [3.8, 4) is 17.2 Å². The molecule has 0 fully saturated rings. The van der Waals surface area contributed by atoms with Crippen LogP contribution >= 0.6 is 0 Å². The molecule has 1 aliphatic rings. The maximum atomic E-state index is 10.4. The van der Waals surface area contributed by atoms with Gasteiger partial charge < -0.3 is 19.4 Å². The van der Waals surface area contributed by atoms with Crippen LogP contribution in [0.4, 0.5) is 0 Å². The summed E-state index contributed by atoms with van der Waals surface area (Å²) in [6, 6.07) is 3.25. The van der Waals surface area contributed by atoms with Crippen molar-refractivity contribution in [2.75, 3.05) is 6.79 Å². The zero-order valence-corrected chi connectivity index (χ0v) is 8.40. The number of ether oxygens (including phenoxy) is 2. The molecule has 0 aromatic heterocycles. The number of rotatable bonds is 3. The van der Waals surface area contributed by atoms with Gasteiger partial charge in [0.25, 0.3) is 0 Å². The van der Waals surface area contributed by atoms with Crippen LogP contribution in [0.15, 0.2) is 12.1 Å². The molecule has 0 bridgehead atoms. The van der Waals surface area contributed by atoms with Gasteiger partial charge in [0.1, 0.15) is 12.0 Å². The van der Waals surface area contributed by atoms with Gasteiger partial charge in [0, 0.05) is 18.1 Å². The molecule has 1 aliphatic heterocycles. The summed E-state index contributed by atoms with van der Waals surface area (Å²) in [7, 11) is 0. The number of fused-ring (bicyclic) bond motifs is 1. The Bertz CT molecular complexity index is 386. The fourth-order valence-electron chi connectivity index (χ4n) is 1.61. The number of aromatic hydroxyl groups is 1. The summed E-state index contributed by atoms with van der Waals surface area (Å²) in [6.45, 7) is 2.06. The molecule has 4 heteroatoms. The molecule has 15 heavy (non-hydrogen) atoms. The van der Waals surface area contributed by atoms with E-state index in [-0.39, 0.29) is 18.5 Å².